The lowest BCUT2D eigenvalue weighted by molar-refractivity contribution is 0.0619. The number of aromatic nitrogens is 5. The summed E-state index contributed by atoms with van der Waals surface area (Å²) in [4.78, 5) is 58.5. The van der Waals surface area contributed by atoms with E-state index in [0.29, 0.717) is 83.0 Å². The third-order valence-electron chi connectivity index (χ3n) is 10.5. The molecule has 0 atom stereocenters. The minimum atomic E-state index is -0.975. The second-order valence-electron chi connectivity index (χ2n) is 14.0. The summed E-state index contributed by atoms with van der Waals surface area (Å²) in [5, 5.41) is 9.28. The third-order valence-corrected chi connectivity index (χ3v) is 10.5. The number of fused-ring (bicyclic) bond motifs is 1. The highest BCUT2D eigenvalue weighted by atomic mass is 16.5. The number of methoxy groups -OCH3 is 2. The maximum atomic E-state index is 13.2. The molecule has 0 aliphatic carbocycles. The molecule has 2 saturated heterocycles. The summed E-state index contributed by atoms with van der Waals surface area (Å²) in [6.45, 7) is 5.50. The Balaban J connectivity index is 1.07. The zero-order valence-corrected chi connectivity index (χ0v) is 32.0. The molecule has 2 amide bonds. The first kappa shape index (κ1) is 37.4. The number of carbonyl (C=O) groups is 2. The largest absolute Gasteiger partial charge is 0.497 e. The van der Waals surface area contributed by atoms with Crippen molar-refractivity contribution < 1.29 is 28.9 Å². The molecule has 0 saturated carbocycles. The number of nitrogens with zero attached hydrogens (tertiary/aromatic N) is 10. The molecule has 5 aromatic rings. The van der Waals surface area contributed by atoms with Gasteiger partial charge in [-0.3, -0.25) is 4.79 Å². The van der Waals surface area contributed by atoms with E-state index >= 15 is 0 Å². The molecule has 294 valence electrons. The number of ether oxygens (including phenoxy) is 3. The topological polar surface area (TPSA) is 163 Å². The van der Waals surface area contributed by atoms with E-state index < -0.39 is 6.09 Å². The number of carboxylic acid groups (broad SMARTS) is 1. The highest BCUT2D eigenvalue weighted by Crippen LogP contribution is 2.39. The molecule has 8 rings (SSSR count). The Kier molecular flexibility index (Phi) is 10.9. The van der Waals surface area contributed by atoms with Crippen molar-refractivity contribution in [3.8, 4) is 22.8 Å². The third kappa shape index (κ3) is 8.21. The van der Waals surface area contributed by atoms with Gasteiger partial charge in [0.05, 0.1) is 45.0 Å². The summed E-state index contributed by atoms with van der Waals surface area (Å²) in [5.74, 6) is 3.32. The summed E-state index contributed by atoms with van der Waals surface area (Å²) >= 11 is 0. The number of benzene rings is 2. The molecule has 3 aliphatic heterocycles. The van der Waals surface area contributed by atoms with E-state index in [1.54, 1.807) is 31.4 Å². The maximum Gasteiger partial charge on any atom is 0.407 e. The van der Waals surface area contributed by atoms with Gasteiger partial charge in [0.15, 0.2) is 0 Å². The minimum absolute atomic E-state index is 0.220. The van der Waals surface area contributed by atoms with Crippen molar-refractivity contribution in [3.63, 3.8) is 0 Å². The van der Waals surface area contributed by atoms with Gasteiger partial charge in [0, 0.05) is 82.4 Å². The Morgan fingerprint density at radius 1 is 0.737 bits per heavy atom. The molecule has 57 heavy (non-hydrogen) atoms. The monoisotopic (exact) mass is 772 g/mol. The fourth-order valence-electron chi connectivity index (χ4n) is 7.28. The number of hydrogen-bond acceptors (Lipinski definition) is 13. The predicted octanol–water partition coefficient (Wildman–Crippen LogP) is 4.52. The number of pyridine rings is 1. The van der Waals surface area contributed by atoms with Gasteiger partial charge < -0.3 is 43.8 Å². The Morgan fingerprint density at radius 3 is 1.91 bits per heavy atom. The summed E-state index contributed by atoms with van der Waals surface area (Å²) in [6.07, 6.45) is 5.08. The van der Waals surface area contributed by atoms with Crippen molar-refractivity contribution >= 4 is 35.4 Å². The van der Waals surface area contributed by atoms with Crippen LogP contribution in [0.15, 0.2) is 79.3 Å². The minimum Gasteiger partial charge on any atom is -0.497 e. The van der Waals surface area contributed by atoms with Gasteiger partial charge in [0.2, 0.25) is 11.9 Å². The number of morpholine rings is 1. The lowest BCUT2D eigenvalue weighted by atomic mass is 10.1. The number of hydrogen-bond donors (Lipinski definition) is 1. The van der Waals surface area contributed by atoms with E-state index in [1.165, 1.54) is 4.90 Å². The fraction of sp³-hybridized carbons (Fsp3) is 0.341. The van der Waals surface area contributed by atoms with Gasteiger partial charge in [-0.05, 0) is 53.9 Å². The zero-order chi connectivity index (χ0) is 39.3. The van der Waals surface area contributed by atoms with Crippen LogP contribution in [0.5, 0.6) is 11.5 Å². The molecule has 0 radical (unpaired) electrons. The Labute approximate surface area is 330 Å². The van der Waals surface area contributed by atoms with Crippen molar-refractivity contribution in [1.82, 2.24) is 34.7 Å². The van der Waals surface area contributed by atoms with E-state index in [2.05, 4.69) is 19.7 Å². The average molecular weight is 773 g/mol. The van der Waals surface area contributed by atoms with Gasteiger partial charge >= 0.3 is 6.09 Å². The second kappa shape index (κ2) is 16.7. The van der Waals surface area contributed by atoms with Crippen molar-refractivity contribution in [1.29, 1.82) is 0 Å². The molecule has 1 N–H and O–H groups in total. The van der Waals surface area contributed by atoms with Crippen LogP contribution in [0.1, 0.15) is 27.2 Å². The lowest BCUT2D eigenvalue weighted by Gasteiger charge is -2.32. The van der Waals surface area contributed by atoms with Gasteiger partial charge in [-0.2, -0.15) is 4.98 Å². The molecule has 2 aromatic carbocycles. The maximum absolute atomic E-state index is 13.2. The molecule has 0 bridgehead atoms. The lowest BCUT2D eigenvalue weighted by Crippen LogP contribution is -2.50. The second-order valence-corrected chi connectivity index (χ2v) is 14.0. The molecule has 0 spiro atoms. The Hall–Kier alpha value is -6.55. The van der Waals surface area contributed by atoms with Gasteiger partial charge in [0.1, 0.15) is 23.0 Å². The van der Waals surface area contributed by atoms with Gasteiger partial charge in [0.25, 0.3) is 5.91 Å². The van der Waals surface area contributed by atoms with E-state index in [0.717, 1.165) is 51.0 Å². The first-order valence-corrected chi connectivity index (χ1v) is 18.9. The van der Waals surface area contributed by atoms with Crippen LogP contribution in [-0.2, 0) is 24.2 Å². The van der Waals surface area contributed by atoms with Gasteiger partial charge in [-0.15, -0.1) is 0 Å². The van der Waals surface area contributed by atoms with E-state index in [9.17, 15) is 14.7 Å². The summed E-state index contributed by atoms with van der Waals surface area (Å²) in [6, 6.07) is 19.6. The van der Waals surface area contributed by atoms with Crippen molar-refractivity contribution in [2.24, 2.45) is 0 Å². The normalized spacial score (nSPS) is 15.3. The summed E-state index contributed by atoms with van der Waals surface area (Å²) in [5.41, 5.74) is 5.82. The van der Waals surface area contributed by atoms with E-state index in [4.69, 9.17) is 34.1 Å². The molecular weight excluding hydrogens is 729 g/mol. The van der Waals surface area contributed by atoms with Gasteiger partial charge in [-0.1, -0.05) is 24.3 Å². The SMILES string of the molecule is COc1ccc(CN(Cc2ccc(OC)cc2)c2ncc(-c3nc(N4CCOCC4)nc4c3CCN4c3ccc(C(=O)N4CCN(C(=O)O)CC4)nc3)cn2)cc1. The molecular formula is C41H44N10O6. The van der Waals surface area contributed by atoms with Crippen LogP contribution in [0.4, 0.5) is 28.2 Å². The van der Waals surface area contributed by atoms with Crippen LogP contribution in [0.2, 0.25) is 0 Å². The Bertz CT molecular complexity index is 2130. The van der Waals surface area contributed by atoms with Crippen LogP contribution in [0, 0.1) is 0 Å². The van der Waals surface area contributed by atoms with E-state index in [-0.39, 0.29) is 19.0 Å². The molecule has 16 heteroatoms. The van der Waals surface area contributed by atoms with E-state index in [1.807, 2.05) is 67.0 Å². The number of carbonyl (C=O) groups excluding carboxylic acids is 1. The molecule has 0 unspecified atom stereocenters. The number of amides is 2. The summed E-state index contributed by atoms with van der Waals surface area (Å²) in [7, 11) is 3.31. The van der Waals surface area contributed by atoms with Gasteiger partial charge in [-0.25, -0.2) is 24.7 Å². The highest BCUT2D eigenvalue weighted by molar-refractivity contribution is 5.93. The highest BCUT2D eigenvalue weighted by Gasteiger charge is 2.31. The zero-order valence-electron chi connectivity index (χ0n) is 32.0. The predicted molar refractivity (Wildman–Crippen MR) is 212 cm³/mol. The number of rotatable bonds is 11. The Morgan fingerprint density at radius 2 is 1.35 bits per heavy atom. The van der Waals surface area contributed by atoms with Crippen LogP contribution >= 0.6 is 0 Å². The van der Waals surface area contributed by atoms with Crippen LogP contribution in [-0.4, -0.2) is 125 Å². The summed E-state index contributed by atoms with van der Waals surface area (Å²) < 4.78 is 16.4. The van der Waals surface area contributed by atoms with Crippen LogP contribution in [0.3, 0.4) is 0 Å². The standard InChI is InChI=1S/C41H44N10O6/c1-55-32-8-3-28(4-9-32)26-50(27-29-5-10-33(56-2)11-6-29)39-43-23-30(24-44-39)36-34-13-14-51(37(34)46-40(45-36)48-19-21-57-22-20-48)31-7-12-35(42-25-31)38(52)47-15-17-49(18-16-47)41(53)54/h3-12,23-25H,13-22,26-27H2,1-2H3,(H,53,54). The first-order chi connectivity index (χ1) is 27.9. The molecule has 6 heterocycles. The van der Waals surface area contributed by atoms with Crippen molar-refractivity contribution in [2.45, 2.75) is 19.5 Å². The molecule has 2 fully saturated rings. The van der Waals surface area contributed by atoms with Crippen molar-refractivity contribution in [3.05, 3.63) is 102 Å². The molecule has 3 aromatic heterocycles. The van der Waals surface area contributed by atoms with Crippen LogP contribution < -0.4 is 24.2 Å². The number of piperazine rings is 1. The average Bonchev–Trinajstić information content (AvgIpc) is 3.71. The van der Waals surface area contributed by atoms with Crippen LogP contribution in [0.25, 0.3) is 11.3 Å². The number of anilines is 4. The molecule has 3 aliphatic rings. The first-order valence-electron chi connectivity index (χ1n) is 18.9. The molecule has 16 nitrogen and oxygen atoms in total. The fourth-order valence-corrected chi connectivity index (χ4v) is 7.28. The van der Waals surface area contributed by atoms with Crippen molar-refractivity contribution in [2.75, 3.05) is 87.9 Å². The smallest absolute Gasteiger partial charge is 0.407 e. The quantitative estimate of drug-likeness (QED) is 0.199.